The van der Waals surface area contributed by atoms with E-state index in [1.165, 1.54) is 20.1 Å². The molecule has 0 aliphatic carbocycles. The molecule has 0 aromatic heterocycles. The molecule has 146 valence electrons. The van der Waals surface area contributed by atoms with Gasteiger partial charge in [-0.1, -0.05) is 12.1 Å². The number of Topliss-reactive ketones (excluding diaryl/α,β-unsaturated/α-hetero) is 1. The van der Waals surface area contributed by atoms with Crippen LogP contribution in [0.25, 0.3) is 6.08 Å². The Hall–Kier alpha value is -3.41. The quantitative estimate of drug-likeness (QED) is 0.392. The van der Waals surface area contributed by atoms with E-state index in [0.717, 1.165) is 5.56 Å². The van der Waals surface area contributed by atoms with Crippen molar-refractivity contribution in [2.45, 2.75) is 20.5 Å². The van der Waals surface area contributed by atoms with Gasteiger partial charge in [0.25, 0.3) is 0 Å². The maximum absolute atomic E-state index is 12.0. The fraction of sp³-hybridized carbons (Fsp3) is 0.227. The minimum atomic E-state index is -0.535. The minimum Gasteiger partial charge on any atom is -0.493 e. The molecule has 2 aromatic rings. The summed E-state index contributed by atoms with van der Waals surface area (Å²) < 4.78 is 15.4. The van der Waals surface area contributed by atoms with Crippen molar-refractivity contribution in [2.75, 3.05) is 13.7 Å². The first kappa shape index (κ1) is 20.9. The molecule has 0 fully saturated rings. The van der Waals surface area contributed by atoms with E-state index in [0.29, 0.717) is 29.0 Å². The number of ether oxygens (including phenoxy) is 3. The third-order valence-corrected chi connectivity index (χ3v) is 3.88. The standard InChI is InChI=1S/C22H22O6/c1-4-27-20-11-10-18(15(2)23)13-19(20)14-28-21(24)12-7-16-5-8-17(9-6-16)22(25)26-3/h5-13H,4,14H2,1-3H3/b12-7+. The molecule has 2 rings (SSSR count). The molecule has 0 unspecified atom stereocenters. The van der Waals surface area contributed by atoms with Gasteiger partial charge in [-0.25, -0.2) is 9.59 Å². The Bertz CT molecular complexity index is 880. The molecule has 0 saturated heterocycles. The van der Waals surface area contributed by atoms with Crippen LogP contribution in [-0.2, 0) is 20.9 Å². The predicted octanol–water partition coefficient (Wildman–Crippen LogP) is 3.83. The van der Waals surface area contributed by atoms with E-state index in [4.69, 9.17) is 9.47 Å². The Morgan fingerprint density at radius 3 is 2.29 bits per heavy atom. The van der Waals surface area contributed by atoms with Gasteiger partial charge in [-0.05, 0) is 55.8 Å². The summed E-state index contributed by atoms with van der Waals surface area (Å²) in [6.07, 6.45) is 2.88. The van der Waals surface area contributed by atoms with Gasteiger partial charge < -0.3 is 14.2 Å². The molecule has 0 heterocycles. The van der Waals surface area contributed by atoms with Gasteiger partial charge in [-0.3, -0.25) is 4.79 Å². The summed E-state index contributed by atoms with van der Waals surface area (Å²) in [5.41, 5.74) is 2.31. The molecular weight excluding hydrogens is 360 g/mol. The summed E-state index contributed by atoms with van der Waals surface area (Å²) in [5, 5.41) is 0. The third-order valence-electron chi connectivity index (χ3n) is 3.88. The van der Waals surface area contributed by atoms with Crippen LogP contribution < -0.4 is 4.74 Å². The topological polar surface area (TPSA) is 78.9 Å². The second-order valence-corrected chi connectivity index (χ2v) is 5.87. The van der Waals surface area contributed by atoms with Crippen LogP contribution in [0.4, 0.5) is 0 Å². The first-order chi connectivity index (χ1) is 13.4. The van der Waals surface area contributed by atoms with Gasteiger partial charge in [0.1, 0.15) is 12.4 Å². The number of carbonyl (C=O) groups excluding carboxylic acids is 3. The summed E-state index contributed by atoms with van der Waals surface area (Å²) in [7, 11) is 1.31. The van der Waals surface area contributed by atoms with E-state index >= 15 is 0 Å². The van der Waals surface area contributed by atoms with Crippen molar-refractivity contribution < 1.29 is 28.6 Å². The lowest BCUT2D eigenvalue weighted by Gasteiger charge is -2.11. The summed E-state index contributed by atoms with van der Waals surface area (Å²) in [4.78, 5) is 35.0. The second kappa shape index (κ2) is 10.1. The Morgan fingerprint density at radius 2 is 1.68 bits per heavy atom. The number of hydrogen-bond donors (Lipinski definition) is 0. The van der Waals surface area contributed by atoms with E-state index in [2.05, 4.69) is 4.74 Å². The Kier molecular flexibility index (Phi) is 7.51. The lowest BCUT2D eigenvalue weighted by molar-refractivity contribution is -0.138. The molecule has 0 bridgehead atoms. The molecule has 0 spiro atoms. The largest absolute Gasteiger partial charge is 0.493 e. The molecule has 0 aliphatic heterocycles. The van der Waals surface area contributed by atoms with Crippen LogP contribution in [-0.4, -0.2) is 31.4 Å². The summed E-state index contributed by atoms with van der Waals surface area (Å²) in [5.74, 6) is -0.464. The van der Waals surface area contributed by atoms with E-state index < -0.39 is 11.9 Å². The summed E-state index contributed by atoms with van der Waals surface area (Å²) in [6.45, 7) is 3.77. The van der Waals surface area contributed by atoms with Crippen LogP contribution in [0.15, 0.2) is 48.5 Å². The second-order valence-electron chi connectivity index (χ2n) is 5.87. The zero-order chi connectivity index (χ0) is 20.5. The molecule has 0 saturated carbocycles. The number of hydrogen-bond acceptors (Lipinski definition) is 6. The number of rotatable bonds is 8. The van der Waals surface area contributed by atoms with Crippen LogP contribution in [0.1, 0.15) is 45.7 Å². The number of benzene rings is 2. The molecule has 28 heavy (non-hydrogen) atoms. The molecule has 0 aliphatic rings. The fourth-order valence-corrected chi connectivity index (χ4v) is 2.42. The Labute approximate surface area is 163 Å². The highest BCUT2D eigenvalue weighted by atomic mass is 16.5. The van der Waals surface area contributed by atoms with Crippen LogP contribution in [0, 0.1) is 0 Å². The molecule has 6 heteroatoms. The highest BCUT2D eigenvalue weighted by Crippen LogP contribution is 2.22. The molecular formula is C22H22O6. The van der Waals surface area contributed by atoms with Crippen molar-refractivity contribution in [2.24, 2.45) is 0 Å². The van der Waals surface area contributed by atoms with Crippen LogP contribution in [0.2, 0.25) is 0 Å². The van der Waals surface area contributed by atoms with Crippen molar-refractivity contribution in [1.29, 1.82) is 0 Å². The van der Waals surface area contributed by atoms with E-state index in [-0.39, 0.29) is 12.4 Å². The lowest BCUT2D eigenvalue weighted by Crippen LogP contribution is -2.05. The molecule has 0 N–H and O–H groups in total. The molecule has 6 nitrogen and oxygen atoms in total. The number of carbonyl (C=O) groups is 3. The minimum absolute atomic E-state index is 0.0130. The monoisotopic (exact) mass is 382 g/mol. The average Bonchev–Trinajstić information content (AvgIpc) is 2.71. The SMILES string of the molecule is CCOc1ccc(C(C)=O)cc1COC(=O)/C=C/c1ccc(C(=O)OC)cc1. The number of methoxy groups -OCH3 is 1. The lowest BCUT2D eigenvalue weighted by atomic mass is 10.1. The summed E-state index contributed by atoms with van der Waals surface area (Å²) in [6, 6.07) is 11.6. The third kappa shape index (κ3) is 5.81. The van der Waals surface area contributed by atoms with Crippen molar-refractivity contribution >= 4 is 23.8 Å². The van der Waals surface area contributed by atoms with Gasteiger partial charge in [0, 0.05) is 17.2 Å². The van der Waals surface area contributed by atoms with Crippen molar-refractivity contribution in [3.63, 3.8) is 0 Å². The summed E-state index contributed by atoms with van der Waals surface area (Å²) >= 11 is 0. The number of ketones is 1. The van der Waals surface area contributed by atoms with Gasteiger partial charge in [0.15, 0.2) is 5.78 Å². The zero-order valence-electron chi connectivity index (χ0n) is 16.1. The van der Waals surface area contributed by atoms with Gasteiger partial charge in [0.05, 0.1) is 19.3 Å². The average molecular weight is 382 g/mol. The van der Waals surface area contributed by atoms with Gasteiger partial charge in [0.2, 0.25) is 0 Å². The van der Waals surface area contributed by atoms with E-state index in [9.17, 15) is 14.4 Å². The van der Waals surface area contributed by atoms with Gasteiger partial charge >= 0.3 is 11.9 Å². The van der Waals surface area contributed by atoms with Crippen LogP contribution in [0.5, 0.6) is 5.75 Å². The van der Waals surface area contributed by atoms with Gasteiger partial charge in [-0.15, -0.1) is 0 Å². The van der Waals surface area contributed by atoms with E-state index in [1.807, 2.05) is 6.92 Å². The molecule has 0 radical (unpaired) electrons. The highest BCUT2D eigenvalue weighted by molar-refractivity contribution is 5.94. The normalized spacial score (nSPS) is 10.5. The fourth-order valence-electron chi connectivity index (χ4n) is 2.42. The zero-order valence-corrected chi connectivity index (χ0v) is 16.1. The first-order valence-corrected chi connectivity index (χ1v) is 8.74. The highest BCUT2D eigenvalue weighted by Gasteiger charge is 2.10. The van der Waals surface area contributed by atoms with Crippen molar-refractivity contribution in [3.8, 4) is 5.75 Å². The van der Waals surface area contributed by atoms with Crippen molar-refractivity contribution in [1.82, 2.24) is 0 Å². The van der Waals surface area contributed by atoms with Crippen molar-refractivity contribution in [3.05, 3.63) is 70.8 Å². The van der Waals surface area contributed by atoms with E-state index in [1.54, 1.807) is 48.5 Å². The maximum Gasteiger partial charge on any atom is 0.337 e. The number of esters is 2. The molecule has 2 aromatic carbocycles. The van der Waals surface area contributed by atoms with Gasteiger partial charge in [-0.2, -0.15) is 0 Å². The Morgan fingerprint density at radius 1 is 1.00 bits per heavy atom. The maximum atomic E-state index is 12.0. The first-order valence-electron chi connectivity index (χ1n) is 8.74. The smallest absolute Gasteiger partial charge is 0.337 e. The van der Waals surface area contributed by atoms with Crippen LogP contribution >= 0.6 is 0 Å². The predicted molar refractivity (Wildman–Crippen MR) is 104 cm³/mol. The van der Waals surface area contributed by atoms with Crippen LogP contribution in [0.3, 0.4) is 0 Å². The Balaban J connectivity index is 2.01. The molecule has 0 amide bonds. The molecule has 0 atom stereocenters.